The van der Waals surface area contributed by atoms with E-state index in [0.29, 0.717) is 34.5 Å². The minimum atomic E-state index is -0.363. The lowest BCUT2D eigenvalue weighted by Crippen LogP contribution is -2.38. The van der Waals surface area contributed by atoms with E-state index in [2.05, 4.69) is 21.8 Å². The van der Waals surface area contributed by atoms with Gasteiger partial charge >= 0.3 is 5.69 Å². The van der Waals surface area contributed by atoms with Crippen molar-refractivity contribution in [3.8, 4) is 0 Å². The standard InChI is InChI=1S/C20H27N7O2S/c1-13-6-5-9-26(12-13)19-23-16-15(17(28)25(4)20(29)24(16)3)27(19)10-11-30-18-21-8-7-14(2)22-18/h7-8,13H,5-6,9-12H2,1-4H3/t13-/m1/s1. The monoisotopic (exact) mass is 429 g/mol. The zero-order valence-corrected chi connectivity index (χ0v) is 18.6. The first-order chi connectivity index (χ1) is 14.4. The van der Waals surface area contributed by atoms with E-state index in [1.165, 1.54) is 18.0 Å². The van der Waals surface area contributed by atoms with Crippen LogP contribution in [0, 0.1) is 12.8 Å². The van der Waals surface area contributed by atoms with Crippen LogP contribution in [-0.2, 0) is 20.6 Å². The fraction of sp³-hybridized carbons (Fsp3) is 0.550. The van der Waals surface area contributed by atoms with Gasteiger partial charge in [-0.1, -0.05) is 18.7 Å². The molecular weight excluding hydrogens is 402 g/mol. The van der Waals surface area contributed by atoms with E-state index in [9.17, 15) is 9.59 Å². The molecule has 0 unspecified atom stereocenters. The van der Waals surface area contributed by atoms with Gasteiger partial charge in [0.05, 0.1) is 0 Å². The summed E-state index contributed by atoms with van der Waals surface area (Å²) in [6, 6.07) is 1.87. The third-order valence-electron chi connectivity index (χ3n) is 5.59. The molecular formula is C20H27N7O2S. The molecule has 3 aromatic heterocycles. The van der Waals surface area contributed by atoms with E-state index in [0.717, 1.165) is 35.7 Å². The van der Waals surface area contributed by atoms with Gasteiger partial charge in [0.25, 0.3) is 5.56 Å². The van der Waals surface area contributed by atoms with Crippen LogP contribution in [0.15, 0.2) is 27.0 Å². The van der Waals surface area contributed by atoms with Crippen molar-refractivity contribution >= 4 is 28.9 Å². The third kappa shape index (κ3) is 3.76. The molecule has 0 bridgehead atoms. The Morgan fingerprint density at radius 2 is 2.00 bits per heavy atom. The highest BCUT2D eigenvalue weighted by Crippen LogP contribution is 2.26. The summed E-state index contributed by atoms with van der Waals surface area (Å²) in [5, 5.41) is 0.716. The van der Waals surface area contributed by atoms with Crippen molar-refractivity contribution in [2.24, 2.45) is 20.0 Å². The number of piperidine rings is 1. The number of hydrogen-bond acceptors (Lipinski definition) is 7. The van der Waals surface area contributed by atoms with Crippen molar-refractivity contribution in [2.45, 2.75) is 38.4 Å². The predicted molar refractivity (Wildman–Crippen MR) is 118 cm³/mol. The summed E-state index contributed by atoms with van der Waals surface area (Å²) in [7, 11) is 3.18. The Kier molecular flexibility index (Phi) is 5.68. The molecule has 0 aliphatic carbocycles. The molecule has 10 heteroatoms. The zero-order chi connectivity index (χ0) is 21.4. The van der Waals surface area contributed by atoms with Crippen molar-refractivity contribution in [2.75, 3.05) is 23.7 Å². The molecule has 9 nitrogen and oxygen atoms in total. The fourth-order valence-electron chi connectivity index (χ4n) is 3.98. The molecule has 30 heavy (non-hydrogen) atoms. The van der Waals surface area contributed by atoms with E-state index >= 15 is 0 Å². The Hall–Kier alpha value is -2.62. The number of nitrogens with zero attached hydrogens (tertiary/aromatic N) is 7. The van der Waals surface area contributed by atoms with Crippen LogP contribution in [0.2, 0.25) is 0 Å². The quantitative estimate of drug-likeness (QED) is 0.449. The number of aryl methyl sites for hydroxylation is 3. The van der Waals surface area contributed by atoms with E-state index < -0.39 is 0 Å². The molecule has 0 N–H and O–H groups in total. The molecule has 4 rings (SSSR count). The SMILES string of the molecule is Cc1ccnc(SCCn2c(N3CCC[C@@H](C)C3)nc3c2c(=O)n(C)c(=O)n3C)n1. The van der Waals surface area contributed by atoms with Gasteiger partial charge in [-0.2, -0.15) is 4.98 Å². The number of aromatic nitrogens is 6. The molecule has 4 heterocycles. The maximum absolute atomic E-state index is 13.0. The number of fused-ring (bicyclic) bond motifs is 1. The normalized spacial score (nSPS) is 17.1. The topological polar surface area (TPSA) is 90.8 Å². The van der Waals surface area contributed by atoms with Crippen LogP contribution in [-0.4, -0.2) is 47.5 Å². The Morgan fingerprint density at radius 1 is 1.20 bits per heavy atom. The van der Waals surface area contributed by atoms with Crippen LogP contribution < -0.4 is 16.1 Å². The second-order valence-corrected chi connectivity index (χ2v) is 9.03. The second kappa shape index (κ2) is 8.25. The van der Waals surface area contributed by atoms with Crippen LogP contribution in [0.1, 0.15) is 25.5 Å². The minimum absolute atomic E-state index is 0.311. The zero-order valence-electron chi connectivity index (χ0n) is 17.8. The van der Waals surface area contributed by atoms with Gasteiger partial charge in [-0.05, 0) is 31.7 Å². The highest BCUT2D eigenvalue weighted by Gasteiger charge is 2.25. The lowest BCUT2D eigenvalue weighted by Gasteiger charge is -2.32. The third-order valence-corrected chi connectivity index (χ3v) is 6.43. The van der Waals surface area contributed by atoms with Gasteiger partial charge in [0.1, 0.15) is 0 Å². The minimum Gasteiger partial charge on any atom is -0.342 e. The molecule has 0 aromatic carbocycles. The Balaban J connectivity index is 1.75. The number of rotatable bonds is 5. The molecule has 0 saturated carbocycles. The van der Waals surface area contributed by atoms with Crippen LogP contribution >= 0.6 is 11.8 Å². The van der Waals surface area contributed by atoms with Gasteiger partial charge in [-0.15, -0.1) is 0 Å². The van der Waals surface area contributed by atoms with Gasteiger partial charge in [-0.25, -0.2) is 14.8 Å². The van der Waals surface area contributed by atoms with E-state index in [1.807, 2.05) is 17.6 Å². The maximum Gasteiger partial charge on any atom is 0.332 e. The van der Waals surface area contributed by atoms with Crippen LogP contribution in [0.25, 0.3) is 11.2 Å². The van der Waals surface area contributed by atoms with Gasteiger partial charge in [0, 0.05) is 51.4 Å². The van der Waals surface area contributed by atoms with Crippen molar-refractivity contribution in [1.82, 2.24) is 28.7 Å². The first-order valence-electron chi connectivity index (χ1n) is 10.2. The highest BCUT2D eigenvalue weighted by atomic mass is 32.2. The number of imidazole rings is 1. The lowest BCUT2D eigenvalue weighted by molar-refractivity contribution is 0.438. The smallest absolute Gasteiger partial charge is 0.332 e. The fourth-order valence-corrected chi connectivity index (χ4v) is 4.78. The van der Waals surface area contributed by atoms with E-state index in [4.69, 9.17) is 4.98 Å². The number of hydrogen-bond donors (Lipinski definition) is 0. The van der Waals surface area contributed by atoms with Crippen LogP contribution in [0.4, 0.5) is 5.95 Å². The molecule has 1 aliphatic rings. The number of anilines is 1. The van der Waals surface area contributed by atoms with Gasteiger partial charge in [-0.3, -0.25) is 13.9 Å². The number of thioether (sulfide) groups is 1. The summed E-state index contributed by atoms with van der Waals surface area (Å²) >= 11 is 1.55. The van der Waals surface area contributed by atoms with Crippen LogP contribution in [0.5, 0.6) is 0 Å². The Labute approximate surface area is 178 Å². The summed E-state index contributed by atoms with van der Waals surface area (Å²) in [4.78, 5) is 41.2. The average Bonchev–Trinajstić information content (AvgIpc) is 3.10. The summed E-state index contributed by atoms with van der Waals surface area (Å²) in [6.45, 7) is 6.54. The van der Waals surface area contributed by atoms with Crippen molar-refractivity contribution in [3.05, 3.63) is 38.8 Å². The molecule has 0 radical (unpaired) electrons. The van der Waals surface area contributed by atoms with E-state index in [1.54, 1.807) is 25.0 Å². The first kappa shape index (κ1) is 20.6. The molecule has 1 saturated heterocycles. The van der Waals surface area contributed by atoms with Crippen LogP contribution in [0.3, 0.4) is 0 Å². The van der Waals surface area contributed by atoms with E-state index in [-0.39, 0.29) is 11.2 Å². The van der Waals surface area contributed by atoms with Gasteiger partial charge < -0.3 is 9.47 Å². The predicted octanol–water partition coefficient (Wildman–Crippen LogP) is 1.56. The van der Waals surface area contributed by atoms with Gasteiger partial charge in [0.2, 0.25) is 5.95 Å². The highest BCUT2D eigenvalue weighted by molar-refractivity contribution is 7.99. The van der Waals surface area contributed by atoms with Crippen molar-refractivity contribution in [3.63, 3.8) is 0 Å². The molecule has 0 amide bonds. The second-order valence-electron chi connectivity index (χ2n) is 7.96. The first-order valence-corrected chi connectivity index (χ1v) is 11.2. The van der Waals surface area contributed by atoms with Crippen molar-refractivity contribution in [1.29, 1.82) is 0 Å². The van der Waals surface area contributed by atoms with Gasteiger partial charge in [0.15, 0.2) is 16.3 Å². The average molecular weight is 430 g/mol. The Morgan fingerprint density at radius 3 is 2.73 bits per heavy atom. The molecule has 1 atom stereocenters. The molecule has 1 fully saturated rings. The Bertz CT molecular complexity index is 1200. The largest absolute Gasteiger partial charge is 0.342 e. The molecule has 0 spiro atoms. The molecule has 1 aliphatic heterocycles. The lowest BCUT2D eigenvalue weighted by atomic mass is 10.0. The summed E-state index contributed by atoms with van der Waals surface area (Å²) in [6.07, 6.45) is 4.04. The maximum atomic E-state index is 13.0. The summed E-state index contributed by atoms with van der Waals surface area (Å²) in [5.41, 5.74) is 1.16. The molecule has 3 aromatic rings. The molecule has 160 valence electrons. The van der Waals surface area contributed by atoms with Crippen molar-refractivity contribution < 1.29 is 0 Å². The summed E-state index contributed by atoms with van der Waals surface area (Å²) in [5.74, 6) is 2.02. The summed E-state index contributed by atoms with van der Waals surface area (Å²) < 4.78 is 4.58.